The number of esters is 1. The molecule has 4 nitrogen and oxygen atoms in total. The van der Waals surface area contributed by atoms with Gasteiger partial charge in [0.2, 0.25) is 6.41 Å². The zero-order chi connectivity index (χ0) is 20.8. The number of rotatable bonds is 15. The summed E-state index contributed by atoms with van der Waals surface area (Å²) in [4.78, 5) is 24.5. The van der Waals surface area contributed by atoms with E-state index in [1.54, 1.807) is 0 Å². The number of nitrogens with one attached hydrogen (secondary N) is 1. The van der Waals surface area contributed by atoms with E-state index >= 15 is 0 Å². The van der Waals surface area contributed by atoms with E-state index in [2.05, 4.69) is 19.2 Å². The molecule has 0 aliphatic carbocycles. The highest BCUT2D eigenvalue weighted by Gasteiger charge is 2.23. The summed E-state index contributed by atoms with van der Waals surface area (Å²) in [7, 11) is 0. The van der Waals surface area contributed by atoms with Gasteiger partial charge in [0.1, 0.15) is 5.25 Å². The van der Waals surface area contributed by atoms with Crippen LogP contribution in [-0.2, 0) is 26.6 Å². The van der Waals surface area contributed by atoms with Crippen molar-refractivity contribution in [1.29, 1.82) is 0 Å². The molecule has 0 saturated heterocycles. The molecular formula is C22H34ClNO3S. The van der Waals surface area contributed by atoms with Crippen molar-refractivity contribution in [2.24, 2.45) is 0 Å². The molecule has 1 unspecified atom stereocenters. The lowest BCUT2D eigenvalue weighted by Gasteiger charge is -2.20. The molecule has 1 atom stereocenters. The number of hydrogen-bond acceptors (Lipinski definition) is 4. The third-order valence-electron chi connectivity index (χ3n) is 4.62. The molecule has 1 N–H and O–H groups in total. The van der Waals surface area contributed by atoms with Crippen molar-refractivity contribution in [3.05, 3.63) is 23.3 Å². The molecule has 0 saturated carbocycles. The number of thioether (sulfide) groups is 1. The predicted octanol–water partition coefficient (Wildman–Crippen LogP) is 6.33. The number of ether oxygens (including phenoxy) is 1. The number of benzene rings is 1. The van der Waals surface area contributed by atoms with Crippen LogP contribution in [0.4, 0.5) is 5.69 Å². The SMILES string of the molecule is CCCCCCCc1c(CCl)ccc(SC(CCC)C(=O)OCC)c1NC=O. The highest BCUT2D eigenvalue weighted by Crippen LogP contribution is 2.38. The van der Waals surface area contributed by atoms with Gasteiger partial charge in [0.05, 0.1) is 12.3 Å². The van der Waals surface area contributed by atoms with Gasteiger partial charge in [0, 0.05) is 10.8 Å². The molecule has 0 aromatic heterocycles. The Morgan fingerprint density at radius 3 is 2.54 bits per heavy atom. The second kappa shape index (κ2) is 14.7. The van der Waals surface area contributed by atoms with Crippen molar-refractivity contribution in [2.75, 3.05) is 11.9 Å². The maximum atomic E-state index is 12.3. The smallest absolute Gasteiger partial charge is 0.319 e. The van der Waals surface area contributed by atoms with Crippen molar-refractivity contribution in [3.63, 3.8) is 0 Å². The van der Waals surface area contributed by atoms with Gasteiger partial charge in [-0.3, -0.25) is 9.59 Å². The largest absolute Gasteiger partial charge is 0.465 e. The zero-order valence-electron chi connectivity index (χ0n) is 17.4. The first kappa shape index (κ1) is 24.8. The monoisotopic (exact) mass is 427 g/mol. The number of anilines is 1. The van der Waals surface area contributed by atoms with Crippen molar-refractivity contribution < 1.29 is 14.3 Å². The molecule has 0 heterocycles. The van der Waals surface area contributed by atoms with Gasteiger partial charge in [-0.1, -0.05) is 52.0 Å². The normalized spacial score (nSPS) is 11.9. The first-order chi connectivity index (χ1) is 13.6. The number of alkyl halides is 1. The summed E-state index contributed by atoms with van der Waals surface area (Å²) in [6, 6.07) is 3.97. The standard InChI is InChI=1S/C22H34ClNO3S/c1-4-7-8-9-10-12-18-17(15-23)13-14-19(21(18)24-16-25)28-20(11-5-2)22(26)27-6-3/h13-14,16,20H,4-12,15H2,1-3H3,(H,24,25). The fraction of sp³-hybridized carbons (Fsp3) is 0.636. The van der Waals surface area contributed by atoms with E-state index in [0.717, 1.165) is 53.8 Å². The molecule has 158 valence electrons. The molecule has 0 aliphatic rings. The Bertz CT molecular complexity index is 610. The van der Waals surface area contributed by atoms with Gasteiger partial charge in [-0.05, 0) is 43.4 Å². The Labute approximate surface area is 179 Å². The van der Waals surface area contributed by atoms with Crippen LogP contribution in [0.25, 0.3) is 0 Å². The topological polar surface area (TPSA) is 55.4 Å². The van der Waals surface area contributed by atoms with E-state index in [1.807, 2.05) is 19.1 Å². The minimum Gasteiger partial charge on any atom is -0.465 e. The number of unbranched alkanes of at least 4 members (excludes halogenated alkanes) is 4. The summed E-state index contributed by atoms with van der Waals surface area (Å²) in [5.41, 5.74) is 2.91. The summed E-state index contributed by atoms with van der Waals surface area (Å²) in [6.45, 7) is 6.44. The average Bonchev–Trinajstić information content (AvgIpc) is 2.69. The van der Waals surface area contributed by atoms with E-state index in [1.165, 1.54) is 31.0 Å². The molecular weight excluding hydrogens is 394 g/mol. The lowest BCUT2D eigenvalue weighted by molar-refractivity contribution is -0.142. The van der Waals surface area contributed by atoms with Crippen molar-refractivity contribution in [3.8, 4) is 0 Å². The second-order valence-corrected chi connectivity index (χ2v) is 8.30. The van der Waals surface area contributed by atoms with Gasteiger partial charge in [-0.15, -0.1) is 23.4 Å². The quantitative estimate of drug-likeness (QED) is 0.117. The van der Waals surface area contributed by atoms with Gasteiger partial charge >= 0.3 is 5.97 Å². The van der Waals surface area contributed by atoms with Crippen LogP contribution in [0.1, 0.15) is 76.8 Å². The summed E-state index contributed by atoms with van der Waals surface area (Å²) in [5, 5.41) is 2.60. The van der Waals surface area contributed by atoms with Gasteiger partial charge in [-0.25, -0.2) is 0 Å². The third kappa shape index (κ3) is 8.04. The van der Waals surface area contributed by atoms with Crippen LogP contribution in [0.2, 0.25) is 0 Å². The maximum absolute atomic E-state index is 12.3. The highest BCUT2D eigenvalue weighted by molar-refractivity contribution is 8.00. The van der Waals surface area contributed by atoms with Crippen molar-refractivity contribution in [1.82, 2.24) is 0 Å². The molecule has 0 spiro atoms. The van der Waals surface area contributed by atoms with Crippen LogP contribution in [0.5, 0.6) is 0 Å². The molecule has 1 aromatic carbocycles. The van der Waals surface area contributed by atoms with Gasteiger partial charge in [-0.2, -0.15) is 0 Å². The summed E-state index contributed by atoms with van der Waals surface area (Å²) in [5.74, 6) is 0.202. The van der Waals surface area contributed by atoms with E-state index in [-0.39, 0.29) is 11.2 Å². The number of hydrogen-bond donors (Lipinski definition) is 1. The summed E-state index contributed by atoms with van der Waals surface area (Å²) >= 11 is 7.64. The van der Waals surface area contributed by atoms with Crippen LogP contribution >= 0.6 is 23.4 Å². The Hall–Kier alpha value is -1.20. The van der Waals surface area contributed by atoms with E-state index in [0.29, 0.717) is 18.9 Å². The number of halogens is 1. The third-order valence-corrected chi connectivity index (χ3v) is 6.21. The molecule has 28 heavy (non-hydrogen) atoms. The lowest BCUT2D eigenvalue weighted by atomic mass is 9.99. The fourth-order valence-electron chi connectivity index (χ4n) is 3.18. The van der Waals surface area contributed by atoms with Crippen LogP contribution in [0.3, 0.4) is 0 Å². The molecule has 1 aromatic rings. The van der Waals surface area contributed by atoms with Crippen LogP contribution in [0, 0.1) is 0 Å². The Morgan fingerprint density at radius 2 is 1.93 bits per heavy atom. The summed E-state index contributed by atoms with van der Waals surface area (Å²) in [6.07, 6.45) is 9.09. The molecule has 0 fully saturated rings. The number of amides is 1. The number of carbonyl (C=O) groups is 2. The molecule has 1 amide bonds. The highest BCUT2D eigenvalue weighted by atomic mass is 35.5. The van der Waals surface area contributed by atoms with Crippen LogP contribution < -0.4 is 5.32 Å². The van der Waals surface area contributed by atoms with Crippen LogP contribution in [0.15, 0.2) is 17.0 Å². The van der Waals surface area contributed by atoms with Crippen molar-refractivity contribution in [2.45, 2.75) is 88.2 Å². The van der Waals surface area contributed by atoms with Crippen LogP contribution in [-0.4, -0.2) is 24.2 Å². The lowest BCUT2D eigenvalue weighted by Crippen LogP contribution is -2.20. The Morgan fingerprint density at radius 1 is 1.18 bits per heavy atom. The molecule has 6 heteroatoms. The maximum Gasteiger partial charge on any atom is 0.319 e. The van der Waals surface area contributed by atoms with E-state index in [9.17, 15) is 9.59 Å². The molecule has 0 radical (unpaired) electrons. The second-order valence-electron chi connectivity index (χ2n) is 6.78. The molecule has 0 aliphatic heterocycles. The molecule has 0 bridgehead atoms. The molecule has 1 rings (SSSR count). The van der Waals surface area contributed by atoms with Gasteiger partial charge in [0.15, 0.2) is 0 Å². The Kier molecular flexibility index (Phi) is 13.1. The average molecular weight is 428 g/mol. The van der Waals surface area contributed by atoms with Gasteiger partial charge < -0.3 is 10.1 Å². The van der Waals surface area contributed by atoms with E-state index in [4.69, 9.17) is 16.3 Å². The first-order valence-corrected chi connectivity index (χ1v) is 11.8. The fourth-order valence-corrected chi connectivity index (χ4v) is 4.70. The first-order valence-electron chi connectivity index (χ1n) is 10.4. The minimum absolute atomic E-state index is 0.200. The predicted molar refractivity (Wildman–Crippen MR) is 119 cm³/mol. The Balaban J connectivity index is 3.10. The number of carbonyl (C=O) groups excluding carboxylic acids is 2. The van der Waals surface area contributed by atoms with E-state index < -0.39 is 0 Å². The van der Waals surface area contributed by atoms with Crippen molar-refractivity contribution >= 4 is 41.4 Å². The zero-order valence-corrected chi connectivity index (χ0v) is 19.0. The minimum atomic E-state index is -0.281. The van der Waals surface area contributed by atoms with Gasteiger partial charge in [0.25, 0.3) is 0 Å². The summed E-state index contributed by atoms with van der Waals surface area (Å²) < 4.78 is 5.24.